The van der Waals surface area contributed by atoms with E-state index in [0.29, 0.717) is 71.9 Å². The number of anilines is 3. The van der Waals surface area contributed by atoms with Gasteiger partial charge in [0, 0.05) is 128 Å². The van der Waals surface area contributed by atoms with E-state index in [1.54, 1.807) is 63.8 Å². The number of halogens is 11. The number of nitrogens with one attached hydrogen (secondary N) is 1. The molecule has 3 saturated heterocycles. The van der Waals surface area contributed by atoms with Crippen LogP contribution in [0.2, 0.25) is 45.2 Å². The molecule has 597 valence electrons. The van der Waals surface area contributed by atoms with Gasteiger partial charge in [-0.25, -0.2) is 14.5 Å². The molecule has 20 nitrogen and oxygen atoms in total. The molecule has 113 heavy (non-hydrogen) atoms. The number of rotatable bonds is 16. The van der Waals surface area contributed by atoms with Gasteiger partial charge in [-0.1, -0.05) is 201 Å². The second-order valence-electron chi connectivity index (χ2n) is 24.2. The monoisotopic (exact) mass is 1770 g/mol. The second kappa shape index (κ2) is 55.5. The largest absolute Gasteiger partial charge is 1.00 e. The molecule has 0 saturated carbocycles. The van der Waals surface area contributed by atoms with Crippen molar-refractivity contribution in [3.8, 4) is 0 Å². The summed E-state index contributed by atoms with van der Waals surface area (Å²) in [6, 6.07) is 55.8. The van der Waals surface area contributed by atoms with Crippen LogP contribution >= 0.6 is 128 Å². The van der Waals surface area contributed by atoms with E-state index >= 15 is 0 Å². The number of methoxy groups -OCH3 is 3. The number of esters is 2. The van der Waals surface area contributed by atoms with E-state index in [2.05, 4.69) is 100 Å². The van der Waals surface area contributed by atoms with Crippen LogP contribution in [0, 0.1) is 13.1 Å². The maximum absolute atomic E-state index is 10.1. The Morgan fingerprint density at radius 3 is 1.24 bits per heavy atom. The molecule has 11 rings (SSSR count). The van der Waals surface area contributed by atoms with Crippen LogP contribution in [-0.4, -0.2) is 164 Å². The van der Waals surface area contributed by atoms with Gasteiger partial charge in [0.1, 0.15) is 6.29 Å². The van der Waals surface area contributed by atoms with E-state index in [4.69, 9.17) is 164 Å². The van der Waals surface area contributed by atoms with E-state index in [9.17, 15) is 19.2 Å². The Morgan fingerprint density at radius 1 is 0.549 bits per heavy atom. The van der Waals surface area contributed by atoms with Crippen molar-refractivity contribution in [3.05, 3.63) is 272 Å². The van der Waals surface area contributed by atoms with Crippen molar-refractivity contribution in [2.24, 2.45) is 0 Å². The van der Waals surface area contributed by atoms with Crippen molar-refractivity contribution in [2.45, 2.75) is 76.1 Å². The third-order valence-electron chi connectivity index (χ3n) is 16.7. The van der Waals surface area contributed by atoms with Crippen molar-refractivity contribution >= 4 is 194 Å². The number of nitrogens with zero attached hydrogens (tertiary/aromatic N) is 7. The average Bonchev–Trinajstić information content (AvgIpc) is 0.788. The Balaban J connectivity index is 0.000000489. The number of benzene rings is 8. The molecule has 3 aliphatic heterocycles. The first-order valence-electron chi connectivity index (χ1n) is 33.8. The predicted molar refractivity (Wildman–Crippen MR) is 454 cm³/mol. The minimum Gasteiger partial charge on any atom is -0.383 e. The summed E-state index contributed by atoms with van der Waals surface area (Å²) in [6.07, 6.45) is 2.26. The van der Waals surface area contributed by atoms with Gasteiger partial charge in [0.2, 0.25) is 0 Å². The van der Waals surface area contributed by atoms with Gasteiger partial charge in [-0.3, -0.25) is 30.5 Å². The van der Waals surface area contributed by atoms with Gasteiger partial charge in [0.15, 0.2) is 16.9 Å². The van der Waals surface area contributed by atoms with E-state index in [1.807, 2.05) is 97.1 Å². The zero-order valence-corrected chi connectivity index (χ0v) is 73.6. The molecule has 0 aliphatic carbocycles. The topological polar surface area (TPSA) is 217 Å². The first kappa shape index (κ1) is 103. The molecule has 1 radical (unpaired) electrons. The third kappa shape index (κ3) is 34.5. The molecular formula is C80H84BCl11N8NaO12. The standard InChI is InChI=1S/C26H24Cl3N3O.C19H21Cl3N2O.C18H19Cl3N2O.C8H5NO.C4H6O3.C3H4Cl2O2.C2H3O.BO.Na.H2O/c1-30-22-10-3-18(4-11-22)16-31-13-14-32(24-12-9-21(28)15-23(24)29)26(25(31)17-33-2)19-5-7-20(27)8-6-19;1-23-9-10-24(17-8-7-15(21)11-16(17)22)19(18(23)12-25-2)13-3-5-14(20)6-4-13;1-24-11-16-18(12-2-4-13(19)5-3-12)23(9-8-22-16)17-7-6-14(20)10-15(17)21;1-9-8-4-2-7(6-10)3-5-8;1-3(5)7-4(2)6;1-2(4)7-3(5)6;1-2-3;1-2;;/h3-12,15,25-26H,13-14,16-17H2,2H3;3-8,11,18-19H,9-10,12H2,1-2H3;2-7,10,16,18,22H,8-9,11H2,1H3;2-6H;1-2H3;2H,1H3;1H3;;;1H2/q;;;;;;-1;;+1;/t25-,26-;18-,19-;16-,18-;;;;;;;/m000......./s1. The van der Waals surface area contributed by atoms with Gasteiger partial charge in [-0.2, -0.15) is 6.92 Å². The third-order valence-corrected chi connectivity index (χ3v) is 19.2. The Kier molecular flexibility index (Phi) is 50.5. The summed E-state index contributed by atoms with van der Waals surface area (Å²) < 4.78 is 32.5. The molecule has 3 heterocycles. The second-order valence-corrected chi connectivity index (χ2v) is 28.9. The summed E-state index contributed by atoms with van der Waals surface area (Å²) in [4.78, 5) is 66.6. The summed E-state index contributed by atoms with van der Waals surface area (Å²) in [5.41, 5.74) is 7.87. The molecule has 8 aromatic carbocycles. The van der Waals surface area contributed by atoms with Gasteiger partial charge in [-0.15, -0.1) is 0 Å². The number of likely N-dealkylation sites (N-methyl/N-ethyl adjacent to an activating group) is 1. The fraction of sp³-hybridized carbons (Fsp3) is 0.312. The zero-order chi connectivity index (χ0) is 82.3. The molecule has 8 aromatic rings. The number of alkyl halides is 1. The van der Waals surface area contributed by atoms with Gasteiger partial charge in [0.25, 0.3) is 0 Å². The van der Waals surface area contributed by atoms with E-state index in [0.717, 1.165) is 90.3 Å². The van der Waals surface area contributed by atoms with Crippen LogP contribution in [0.3, 0.4) is 0 Å². The Labute approximate surface area is 739 Å². The minimum atomic E-state index is -0.873. The normalized spacial score (nSPS) is 16.9. The average molecular weight is 1770 g/mol. The number of carbonyl (C=O) groups excluding carboxylic acids is 5. The van der Waals surface area contributed by atoms with Gasteiger partial charge >= 0.3 is 59.3 Å². The maximum Gasteiger partial charge on any atom is 1.00 e. The fourth-order valence-electron chi connectivity index (χ4n) is 12.1. The van der Waals surface area contributed by atoms with E-state index < -0.39 is 22.9 Å². The molecule has 3 fully saturated rings. The Morgan fingerprint density at radius 2 is 0.903 bits per heavy atom. The molecule has 3 aliphatic rings. The Hall–Kier alpha value is -6.14. The number of hydrogen-bond acceptors (Lipinski definition) is 17. The zero-order valence-electron chi connectivity index (χ0n) is 63.3. The van der Waals surface area contributed by atoms with Crippen LogP contribution in [0.5, 0.6) is 0 Å². The summed E-state index contributed by atoms with van der Waals surface area (Å²) in [6.45, 7) is 26.6. The van der Waals surface area contributed by atoms with Gasteiger partial charge < -0.3 is 54.0 Å². The molecule has 0 spiro atoms. The predicted octanol–water partition coefficient (Wildman–Crippen LogP) is 17.1. The summed E-state index contributed by atoms with van der Waals surface area (Å²) >= 11 is 66.1. The van der Waals surface area contributed by atoms with Crippen molar-refractivity contribution in [3.63, 3.8) is 0 Å². The fourth-order valence-corrected chi connectivity index (χ4v) is 14.3. The van der Waals surface area contributed by atoms with Crippen molar-refractivity contribution < 1.29 is 87.4 Å². The van der Waals surface area contributed by atoms with Crippen LogP contribution < -0.4 is 49.6 Å². The van der Waals surface area contributed by atoms with Crippen LogP contribution in [0.1, 0.15) is 78.4 Å². The summed E-state index contributed by atoms with van der Waals surface area (Å²) in [5.74, 6) is -1.12. The van der Waals surface area contributed by atoms with Crippen LogP contribution in [0.4, 0.5) is 33.2 Å². The van der Waals surface area contributed by atoms with Crippen LogP contribution in [0.25, 0.3) is 9.69 Å². The molecule has 0 aromatic heterocycles. The smallest absolute Gasteiger partial charge is 0.383 e. The number of aldehydes is 1. The van der Waals surface area contributed by atoms with Gasteiger partial charge in [0.05, 0.1) is 101 Å². The van der Waals surface area contributed by atoms with Gasteiger partial charge in [-0.05, 0) is 127 Å². The van der Waals surface area contributed by atoms with E-state index in [1.165, 1.54) is 45.1 Å². The summed E-state index contributed by atoms with van der Waals surface area (Å²) in [5, 5.41) is 9.52. The van der Waals surface area contributed by atoms with Crippen LogP contribution in [0.15, 0.2) is 176 Å². The Bertz CT molecular complexity index is 4290. The number of hydrogen-bond donors (Lipinski definition) is 1. The van der Waals surface area contributed by atoms with Crippen molar-refractivity contribution in [1.29, 1.82) is 0 Å². The SMILES string of the molecule is CC(=O)OC(C)=O.CC(Cl)OC(=O)Cl.COC[C@@H]1NCCN(c2ccc(Cl)cc2Cl)[C@H]1c1ccc(Cl)cc1.COC[C@H]1[C@H](c2ccc(Cl)cc2)N(c2ccc(Cl)cc2Cl)CCN1C.C[C-]=O.O.[B]=O.[C-]#[N+]c1ccc(C=O)cc1.[C-]#[N+]c1ccc(CN2CCN(c3ccc(Cl)cc3Cl)[C@@H](c3ccc(Cl)cc3)[C@@H]2COC)cc1.[Na+]. The molecule has 3 N–H and O–H groups in total. The van der Waals surface area contributed by atoms with Crippen molar-refractivity contribution in [2.75, 3.05) is 102 Å². The molecule has 0 amide bonds. The number of piperazine rings is 3. The summed E-state index contributed by atoms with van der Waals surface area (Å²) in [7, 11) is 10.6. The minimum absolute atomic E-state index is 0. The first-order valence-corrected chi connectivity index (χ1v) is 38.0. The molecule has 7 atom stereocenters. The van der Waals surface area contributed by atoms with Crippen molar-refractivity contribution in [1.82, 2.24) is 15.1 Å². The first-order chi connectivity index (χ1) is 53.1. The van der Waals surface area contributed by atoms with Crippen LogP contribution in [-0.2, 0) is 49.3 Å². The molecule has 1 unspecified atom stereocenters. The quantitative estimate of drug-likeness (QED) is 0.0181. The maximum atomic E-state index is 10.1. The number of carbonyl (C=O) groups is 4. The molecule has 0 bridgehead atoms. The van der Waals surface area contributed by atoms with E-state index in [-0.39, 0.29) is 71.3 Å². The number of ether oxygens (including phenoxy) is 5. The molecular weight excluding hydrogens is 1690 g/mol. The molecule has 33 heteroatoms.